The van der Waals surface area contributed by atoms with Crippen LogP contribution in [0.4, 0.5) is 0 Å². The van der Waals surface area contributed by atoms with Crippen LogP contribution >= 0.6 is 0 Å². The van der Waals surface area contributed by atoms with E-state index in [1.54, 1.807) is 6.07 Å². The SMILES string of the molecule is NC1CCc2c(ccc(O)c2CO)C1. The van der Waals surface area contributed by atoms with Crippen molar-refractivity contribution in [3.63, 3.8) is 0 Å². The Morgan fingerprint density at radius 2 is 2.21 bits per heavy atom. The van der Waals surface area contributed by atoms with Crippen molar-refractivity contribution in [3.05, 3.63) is 28.8 Å². The maximum absolute atomic E-state index is 9.54. The maximum atomic E-state index is 9.54. The topological polar surface area (TPSA) is 66.5 Å². The molecule has 14 heavy (non-hydrogen) atoms. The highest BCUT2D eigenvalue weighted by Crippen LogP contribution is 2.29. The first-order valence-corrected chi connectivity index (χ1v) is 4.91. The van der Waals surface area contributed by atoms with Crippen molar-refractivity contribution in [3.8, 4) is 5.75 Å². The van der Waals surface area contributed by atoms with Crippen molar-refractivity contribution in [1.82, 2.24) is 0 Å². The smallest absolute Gasteiger partial charge is 0.121 e. The Labute approximate surface area is 83.2 Å². The zero-order valence-corrected chi connectivity index (χ0v) is 8.03. The first-order valence-electron chi connectivity index (χ1n) is 4.91. The fourth-order valence-electron chi connectivity index (χ4n) is 2.12. The molecule has 0 aliphatic heterocycles. The quantitative estimate of drug-likeness (QED) is 0.615. The number of nitrogens with two attached hydrogens (primary N) is 1. The summed E-state index contributed by atoms with van der Waals surface area (Å²) in [6.45, 7) is -0.0930. The molecule has 76 valence electrons. The Morgan fingerprint density at radius 1 is 1.43 bits per heavy atom. The molecular weight excluding hydrogens is 178 g/mol. The summed E-state index contributed by atoms with van der Waals surface area (Å²) in [5.74, 6) is 0.196. The summed E-state index contributed by atoms with van der Waals surface area (Å²) in [5, 5.41) is 18.7. The van der Waals surface area contributed by atoms with Gasteiger partial charge in [0.1, 0.15) is 5.75 Å². The van der Waals surface area contributed by atoms with E-state index in [1.807, 2.05) is 6.07 Å². The molecule has 1 aromatic rings. The van der Waals surface area contributed by atoms with Gasteiger partial charge in [-0.3, -0.25) is 0 Å². The molecule has 1 unspecified atom stereocenters. The van der Waals surface area contributed by atoms with Gasteiger partial charge < -0.3 is 15.9 Å². The number of aromatic hydroxyl groups is 1. The second-order valence-corrected chi connectivity index (χ2v) is 3.86. The zero-order chi connectivity index (χ0) is 10.1. The van der Waals surface area contributed by atoms with Crippen molar-refractivity contribution in [2.45, 2.75) is 31.9 Å². The Morgan fingerprint density at radius 3 is 2.93 bits per heavy atom. The molecule has 0 heterocycles. The van der Waals surface area contributed by atoms with Crippen LogP contribution in [0, 0.1) is 0 Å². The standard InChI is InChI=1S/C11H15NO2/c12-8-2-3-9-7(5-8)1-4-11(14)10(9)6-13/h1,4,8,13-14H,2-3,5-6,12H2. The fraction of sp³-hybridized carbons (Fsp3) is 0.455. The molecule has 3 nitrogen and oxygen atoms in total. The van der Waals surface area contributed by atoms with Crippen molar-refractivity contribution in [1.29, 1.82) is 0 Å². The van der Waals surface area contributed by atoms with Crippen LogP contribution in [0.15, 0.2) is 12.1 Å². The van der Waals surface area contributed by atoms with Crippen LogP contribution in [-0.4, -0.2) is 16.3 Å². The van der Waals surface area contributed by atoms with Crippen molar-refractivity contribution >= 4 is 0 Å². The number of hydrogen-bond acceptors (Lipinski definition) is 3. The van der Waals surface area contributed by atoms with Gasteiger partial charge in [0, 0.05) is 11.6 Å². The van der Waals surface area contributed by atoms with Gasteiger partial charge in [0.15, 0.2) is 0 Å². The zero-order valence-electron chi connectivity index (χ0n) is 8.03. The maximum Gasteiger partial charge on any atom is 0.121 e. The minimum absolute atomic E-state index is 0.0930. The van der Waals surface area contributed by atoms with E-state index in [4.69, 9.17) is 10.8 Å². The van der Waals surface area contributed by atoms with Gasteiger partial charge in [-0.1, -0.05) is 6.07 Å². The fourth-order valence-corrected chi connectivity index (χ4v) is 2.12. The van der Waals surface area contributed by atoms with Crippen molar-refractivity contribution in [2.75, 3.05) is 0 Å². The van der Waals surface area contributed by atoms with E-state index in [9.17, 15) is 5.11 Å². The largest absolute Gasteiger partial charge is 0.508 e. The molecule has 0 radical (unpaired) electrons. The highest BCUT2D eigenvalue weighted by molar-refractivity contribution is 5.45. The molecule has 0 aromatic heterocycles. The van der Waals surface area contributed by atoms with Gasteiger partial charge in [-0.05, 0) is 36.5 Å². The molecule has 0 fully saturated rings. The van der Waals surface area contributed by atoms with E-state index in [1.165, 1.54) is 5.56 Å². The number of fused-ring (bicyclic) bond motifs is 1. The molecule has 0 saturated heterocycles. The highest BCUT2D eigenvalue weighted by Gasteiger charge is 2.19. The predicted octanol–water partition coefficient (Wildman–Crippen LogP) is 0.700. The van der Waals surface area contributed by atoms with E-state index in [-0.39, 0.29) is 18.4 Å². The van der Waals surface area contributed by atoms with Crippen molar-refractivity contribution < 1.29 is 10.2 Å². The Kier molecular flexibility index (Phi) is 2.44. The lowest BCUT2D eigenvalue weighted by Gasteiger charge is -2.23. The van der Waals surface area contributed by atoms with Crippen LogP contribution in [0.1, 0.15) is 23.1 Å². The summed E-state index contributed by atoms with van der Waals surface area (Å²) in [5.41, 5.74) is 8.79. The van der Waals surface area contributed by atoms with Crippen LogP contribution in [0.25, 0.3) is 0 Å². The third kappa shape index (κ3) is 1.49. The average Bonchev–Trinajstić information content (AvgIpc) is 2.18. The summed E-state index contributed by atoms with van der Waals surface area (Å²) in [6.07, 6.45) is 2.65. The molecule has 2 rings (SSSR count). The van der Waals surface area contributed by atoms with Gasteiger partial charge in [0.05, 0.1) is 6.61 Å². The van der Waals surface area contributed by atoms with E-state index < -0.39 is 0 Å². The third-order valence-electron chi connectivity index (χ3n) is 2.91. The molecule has 3 heteroatoms. The molecule has 4 N–H and O–H groups in total. The second-order valence-electron chi connectivity index (χ2n) is 3.86. The molecule has 0 bridgehead atoms. The van der Waals surface area contributed by atoms with Gasteiger partial charge in [-0.15, -0.1) is 0 Å². The Hall–Kier alpha value is -1.06. The normalized spacial score (nSPS) is 20.6. The highest BCUT2D eigenvalue weighted by atomic mass is 16.3. The number of benzene rings is 1. The van der Waals surface area contributed by atoms with Gasteiger partial charge >= 0.3 is 0 Å². The van der Waals surface area contributed by atoms with Gasteiger partial charge in [0.2, 0.25) is 0 Å². The van der Waals surface area contributed by atoms with Crippen LogP contribution in [0.5, 0.6) is 5.75 Å². The van der Waals surface area contributed by atoms with Gasteiger partial charge in [-0.2, -0.15) is 0 Å². The number of aliphatic hydroxyl groups is 1. The summed E-state index contributed by atoms with van der Waals surface area (Å²) in [6, 6.07) is 3.77. The number of rotatable bonds is 1. The lowest BCUT2D eigenvalue weighted by atomic mass is 9.85. The summed E-state index contributed by atoms with van der Waals surface area (Å²) < 4.78 is 0. The van der Waals surface area contributed by atoms with Crippen LogP contribution in [0.3, 0.4) is 0 Å². The van der Waals surface area contributed by atoms with Crippen LogP contribution in [0.2, 0.25) is 0 Å². The number of phenols is 1. The summed E-state index contributed by atoms with van der Waals surface area (Å²) in [7, 11) is 0. The third-order valence-corrected chi connectivity index (χ3v) is 2.91. The monoisotopic (exact) mass is 193 g/mol. The first kappa shape index (κ1) is 9.49. The van der Waals surface area contributed by atoms with Gasteiger partial charge in [0.25, 0.3) is 0 Å². The number of hydrogen-bond donors (Lipinski definition) is 3. The lowest BCUT2D eigenvalue weighted by molar-refractivity contribution is 0.273. The minimum atomic E-state index is -0.0930. The Bertz CT molecular complexity index is 349. The minimum Gasteiger partial charge on any atom is -0.508 e. The predicted molar refractivity (Wildman–Crippen MR) is 54.0 cm³/mol. The number of aliphatic hydroxyl groups excluding tert-OH is 1. The van der Waals surface area contributed by atoms with E-state index in [0.29, 0.717) is 5.56 Å². The first-order chi connectivity index (χ1) is 6.72. The van der Waals surface area contributed by atoms with E-state index in [0.717, 1.165) is 24.8 Å². The molecule has 1 aliphatic rings. The molecule has 0 spiro atoms. The molecule has 0 saturated carbocycles. The molecule has 1 atom stereocenters. The molecule has 1 aliphatic carbocycles. The van der Waals surface area contributed by atoms with Crippen molar-refractivity contribution in [2.24, 2.45) is 5.73 Å². The van der Waals surface area contributed by atoms with Gasteiger partial charge in [-0.25, -0.2) is 0 Å². The molecule has 1 aromatic carbocycles. The van der Waals surface area contributed by atoms with E-state index >= 15 is 0 Å². The summed E-state index contributed by atoms with van der Waals surface area (Å²) >= 11 is 0. The average molecular weight is 193 g/mol. The summed E-state index contributed by atoms with van der Waals surface area (Å²) in [4.78, 5) is 0. The molecule has 0 amide bonds. The van der Waals surface area contributed by atoms with E-state index in [2.05, 4.69) is 0 Å². The second kappa shape index (κ2) is 3.59. The Balaban J connectivity index is 2.47. The van der Waals surface area contributed by atoms with Crippen LogP contribution < -0.4 is 5.73 Å². The van der Waals surface area contributed by atoms with Crippen LogP contribution in [-0.2, 0) is 19.4 Å². The molecular formula is C11H15NO2. The lowest BCUT2D eigenvalue weighted by Crippen LogP contribution is -2.28.